The van der Waals surface area contributed by atoms with Crippen molar-refractivity contribution < 1.29 is 8.94 Å². The van der Waals surface area contributed by atoms with Crippen LogP contribution in [0.1, 0.15) is 23.1 Å². The van der Waals surface area contributed by atoms with Gasteiger partial charge in [0, 0.05) is 0 Å². The molecule has 3 rings (SSSR count). The van der Waals surface area contributed by atoms with Gasteiger partial charge in [0.05, 0.1) is 11.5 Å². The molecule has 0 radical (unpaired) electrons. The molecule has 0 aliphatic carbocycles. The SMILES string of the molecule is Cc1nnc(S[C@H](C)c2nc(-c3ccco3)no2)s1. The van der Waals surface area contributed by atoms with E-state index in [4.69, 9.17) is 8.94 Å². The lowest BCUT2D eigenvalue weighted by Crippen LogP contribution is -1.88. The van der Waals surface area contributed by atoms with E-state index in [9.17, 15) is 0 Å². The zero-order chi connectivity index (χ0) is 13.2. The van der Waals surface area contributed by atoms with E-state index in [-0.39, 0.29) is 5.25 Å². The highest BCUT2D eigenvalue weighted by Gasteiger charge is 2.19. The number of hydrogen-bond donors (Lipinski definition) is 0. The van der Waals surface area contributed by atoms with Crippen LogP contribution in [0.5, 0.6) is 0 Å². The van der Waals surface area contributed by atoms with Crippen molar-refractivity contribution in [3.05, 3.63) is 29.3 Å². The van der Waals surface area contributed by atoms with E-state index in [0.717, 1.165) is 9.35 Å². The Balaban J connectivity index is 1.75. The Morgan fingerprint density at radius 2 is 2.26 bits per heavy atom. The summed E-state index contributed by atoms with van der Waals surface area (Å²) in [5.74, 6) is 1.60. The lowest BCUT2D eigenvalue weighted by Gasteiger charge is -2.00. The van der Waals surface area contributed by atoms with Gasteiger partial charge in [0.25, 0.3) is 0 Å². The topological polar surface area (TPSA) is 77.8 Å². The number of aromatic nitrogens is 4. The van der Waals surface area contributed by atoms with Gasteiger partial charge in [-0.15, -0.1) is 10.2 Å². The van der Waals surface area contributed by atoms with Crippen molar-refractivity contribution in [2.75, 3.05) is 0 Å². The van der Waals surface area contributed by atoms with Crippen molar-refractivity contribution in [3.8, 4) is 11.6 Å². The van der Waals surface area contributed by atoms with Gasteiger partial charge in [-0.25, -0.2) is 0 Å². The summed E-state index contributed by atoms with van der Waals surface area (Å²) in [6.07, 6.45) is 1.58. The molecule has 1 atom stereocenters. The Morgan fingerprint density at radius 1 is 1.37 bits per heavy atom. The van der Waals surface area contributed by atoms with E-state index in [1.165, 1.54) is 0 Å². The highest BCUT2D eigenvalue weighted by Crippen LogP contribution is 2.35. The van der Waals surface area contributed by atoms with Gasteiger partial charge in [-0.3, -0.25) is 0 Å². The van der Waals surface area contributed by atoms with Crippen LogP contribution in [0.3, 0.4) is 0 Å². The minimum Gasteiger partial charge on any atom is -0.461 e. The highest BCUT2D eigenvalue weighted by atomic mass is 32.2. The average molecular weight is 294 g/mol. The predicted molar refractivity (Wildman–Crippen MR) is 70.9 cm³/mol. The molecule has 3 aromatic heterocycles. The lowest BCUT2D eigenvalue weighted by atomic mass is 10.4. The van der Waals surface area contributed by atoms with Crippen LogP contribution in [0.2, 0.25) is 0 Å². The van der Waals surface area contributed by atoms with Gasteiger partial charge in [0.2, 0.25) is 11.7 Å². The molecule has 0 aliphatic heterocycles. The van der Waals surface area contributed by atoms with Crippen LogP contribution >= 0.6 is 23.1 Å². The molecule has 3 aromatic rings. The van der Waals surface area contributed by atoms with Gasteiger partial charge in [-0.2, -0.15) is 4.98 Å². The fraction of sp³-hybridized carbons (Fsp3) is 0.273. The second-order valence-electron chi connectivity index (χ2n) is 3.78. The summed E-state index contributed by atoms with van der Waals surface area (Å²) in [6, 6.07) is 3.58. The Kier molecular flexibility index (Phi) is 3.34. The van der Waals surface area contributed by atoms with Crippen molar-refractivity contribution in [2.24, 2.45) is 0 Å². The van der Waals surface area contributed by atoms with E-state index in [0.29, 0.717) is 17.5 Å². The van der Waals surface area contributed by atoms with Crippen molar-refractivity contribution in [3.63, 3.8) is 0 Å². The first-order valence-corrected chi connectivity index (χ1v) is 7.26. The summed E-state index contributed by atoms with van der Waals surface area (Å²) in [4.78, 5) is 4.32. The Morgan fingerprint density at radius 3 is 2.95 bits per heavy atom. The molecule has 0 fully saturated rings. The van der Waals surface area contributed by atoms with Crippen molar-refractivity contribution in [1.82, 2.24) is 20.3 Å². The largest absolute Gasteiger partial charge is 0.461 e. The van der Waals surface area contributed by atoms with Crippen molar-refractivity contribution in [1.29, 1.82) is 0 Å². The molecule has 0 unspecified atom stereocenters. The number of nitrogens with zero attached hydrogens (tertiary/aromatic N) is 4. The molecule has 0 amide bonds. The number of aryl methyl sites for hydroxylation is 1. The van der Waals surface area contributed by atoms with Crippen molar-refractivity contribution in [2.45, 2.75) is 23.4 Å². The average Bonchev–Trinajstić information content (AvgIpc) is 3.08. The van der Waals surface area contributed by atoms with Crippen LogP contribution in [0.4, 0.5) is 0 Å². The van der Waals surface area contributed by atoms with E-state index in [2.05, 4.69) is 20.3 Å². The molecule has 8 heteroatoms. The number of furan rings is 1. The van der Waals surface area contributed by atoms with Crippen molar-refractivity contribution >= 4 is 23.1 Å². The van der Waals surface area contributed by atoms with Crippen LogP contribution < -0.4 is 0 Å². The Hall–Kier alpha value is -1.67. The first kappa shape index (κ1) is 12.4. The fourth-order valence-electron chi connectivity index (χ4n) is 1.43. The zero-order valence-electron chi connectivity index (χ0n) is 10.2. The predicted octanol–water partition coefficient (Wildman–Crippen LogP) is 3.34. The maximum atomic E-state index is 5.24. The molecule has 0 aliphatic rings. The minimum atomic E-state index is 0.0172. The quantitative estimate of drug-likeness (QED) is 0.683. The smallest absolute Gasteiger partial charge is 0.240 e. The third-order valence-corrected chi connectivity index (χ3v) is 4.33. The van der Waals surface area contributed by atoms with E-state index >= 15 is 0 Å². The fourth-order valence-corrected chi connectivity index (χ4v) is 3.42. The third-order valence-electron chi connectivity index (χ3n) is 2.32. The number of hydrogen-bond acceptors (Lipinski definition) is 8. The maximum Gasteiger partial charge on any atom is 0.240 e. The van der Waals surface area contributed by atoms with E-state index in [1.807, 2.05) is 13.8 Å². The molecule has 19 heavy (non-hydrogen) atoms. The van der Waals surface area contributed by atoms with Gasteiger partial charge in [-0.1, -0.05) is 28.3 Å². The second kappa shape index (κ2) is 5.14. The molecular formula is C11H10N4O2S2. The summed E-state index contributed by atoms with van der Waals surface area (Å²) >= 11 is 3.09. The zero-order valence-corrected chi connectivity index (χ0v) is 11.9. The van der Waals surface area contributed by atoms with Crippen LogP contribution in [-0.2, 0) is 0 Å². The van der Waals surface area contributed by atoms with Crippen LogP contribution in [-0.4, -0.2) is 20.3 Å². The van der Waals surface area contributed by atoms with Gasteiger partial charge >= 0.3 is 0 Å². The van der Waals surface area contributed by atoms with Crippen LogP contribution in [0, 0.1) is 6.92 Å². The summed E-state index contributed by atoms with van der Waals surface area (Å²) in [6.45, 7) is 3.91. The summed E-state index contributed by atoms with van der Waals surface area (Å²) in [7, 11) is 0. The van der Waals surface area contributed by atoms with Crippen LogP contribution in [0.25, 0.3) is 11.6 Å². The first-order chi connectivity index (χ1) is 9.22. The molecule has 0 saturated carbocycles. The monoisotopic (exact) mass is 294 g/mol. The highest BCUT2D eigenvalue weighted by molar-refractivity contribution is 8.01. The molecule has 0 bridgehead atoms. The first-order valence-electron chi connectivity index (χ1n) is 5.56. The Labute approximate surface area is 117 Å². The number of thioether (sulfide) groups is 1. The third kappa shape index (κ3) is 2.69. The molecule has 6 nitrogen and oxygen atoms in total. The molecule has 3 heterocycles. The molecule has 0 saturated heterocycles. The Bertz CT molecular complexity index is 662. The second-order valence-corrected chi connectivity index (χ2v) is 6.55. The van der Waals surface area contributed by atoms with E-state index in [1.54, 1.807) is 41.5 Å². The number of rotatable bonds is 4. The molecule has 0 N–H and O–H groups in total. The van der Waals surface area contributed by atoms with Gasteiger partial charge in [0.15, 0.2) is 10.1 Å². The van der Waals surface area contributed by atoms with Gasteiger partial charge < -0.3 is 8.94 Å². The lowest BCUT2D eigenvalue weighted by molar-refractivity contribution is 0.379. The van der Waals surface area contributed by atoms with Gasteiger partial charge in [0.1, 0.15) is 5.01 Å². The molecule has 0 spiro atoms. The molecular weight excluding hydrogens is 284 g/mol. The normalized spacial score (nSPS) is 12.7. The standard InChI is InChI=1S/C11H10N4O2S2/c1-6(18-11-14-13-7(2)19-11)10-12-9(15-17-10)8-4-3-5-16-8/h3-6H,1-2H3/t6-/m1/s1. The summed E-state index contributed by atoms with van der Waals surface area (Å²) in [5, 5.41) is 12.9. The van der Waals surface area contributed by atoms with Crippen LogP contribution in [0.15, 0.2) is 31.7 Å². The maximum absolute atomic E-state index is 5.24. The summed E-state index contributed by atoms with van der Waals surface area (Å²) < 4.78 is 11.4. The minimum absolute atomic E-state index is 0.0172. The van der Waals surface area contributed by atoms with Gasteiger partial charge in [-0.05, 0) is 26.0 Å². The van der Waals surface area contributed by atoms with E-state index < -0.39 is 0 Å². The summed E-state index contributed by atoms with van der Waals surface area (Å²) in [5.41, 5.74) is 0. The molecule has 0 aromatic carbocycles. The molecule has 98 valence electrons.